The van der Waals surface area contributed by atoms with Crippen LogP contribution in [0.4, 0.5) is 11.4 Å². The second kappa shape index (κ2) is 9.26. The lowest BCUT2D eigenvalue weighted by Gasteiger charge is -2.23. The third kappa shape index (κ3) is 4.06. The zero-order valence-electron chi connectivity index (χ0n) is 19.2. The number of halogens is 1. The first-order valence-corrected chi connectivity index (χ1v) is 12.8. The summed E-state index contributed by atoms with van der Waals surface area (Å²) in [4.78, 5) is 28.9. The summed E-state index contributed by atoms with van der Waals surface area (Å²) < 4.78 is 0.966. The number of hydrogen-bond donors (Lipinski definition) is 1. The van der Waals surface area contributed by atoms with Crippen molar-refractivity contribution in [3.05, 3.63) is 129 Å². The van der Waals surface area contributed by atoms with Gasteiger partial charge in [-0.05, 0) is 59.5 Å². The molecule has 0 saturated heterocycles. The Kier molecular flexibility index (Phi) is 5.80. The van der Waals surface area contributed by atoms with Crippen molar-refractivity contribution in [1.29, 1.82) is 0 Å². The number of carbonyl (C=O) groups excluding carboxylic acids is 2. The molecule has 0 spiro atoms. The minimum Gasteiger partial charge on any atom is -0.321 e. The van der Waals surface area contributed by atoms with Crippen molar-refractivity contribution in [1.82, 2.24) is 0 Å². The minimum absolute atomic E-state index is 0.0791. The molecule has 4 aromatic carbocycles. The summed E-state index contributed by atoms with van der Waals surface area (Å²) in [5.41, 5.74) is 5.59. The molecule has 0 saturated carbocycles. The summed E-state index contributed by atoms with van der Waals surface area (Å²) in [5.74, 6) is -0.345. The Balaban J connectivity index is 1.25. The Morgan fingerprint density at radius 2 is 1.44 bits per heavy atom. The smallest absolute Gasteiger partial charge is 0.267 e. The third-order valence-electron chi connectivity index (χ3n) is 6.49. The summed E-state index contributed by atoms with van der Waals surface area (Å²) in [6, 6.07) is 31.0. The number of para-hydroxylation sites is 1. The van der Waals surface area contributed by atoms with Crippen LogP contribution in [0.2, 0.25) is 5.02 Å². The van der Waals surface area contributed by atoms with E-state index in [-0.39, 0.29) is 11.8 Å². The number of nitrogens with zero attached hydrogens (tertiary/aromatic N) is 1. The Morgan fingerprint density at radius 1 is 0.778 bits per heavy atom. The Labute approximate surface area is 217 Å². The summed E-state index contributed by atoms with van der Waals surface area (Å²) in [6.07, 6.45) is 0.793. The van der Waals surface area contributed by atoms with Gasteiger partial charge in [-0.25, -0.2) is 0 Å². The fourth-order valence-electron chi connectivity index (χ4n) is 4.65. The molecule has 6 heteroatoms. The highest BCUT2D eigenvalue weighted by Gasteiger charge is 2.25. The van der Waals surface area contributed by atoms with Gasteiger partial charge >= 0.3 is 0 Å². The lowest BCUT2D eigenvalue weighted by molar-refractivity contribution is 0.0984. The van der Waals surface area contributed by atoms with Gasteiger partial charge in [-0.2, -0.15) is 0 Å². The summed E-state index contributed by atoms with van der Waals surface area (Å²) >= 11 is 7.82. The normalized spacial score (nSPS) is 12.5. The van der Waals surface area contributed by atoms with Crippen LogP contribution in [0.25, 0.3) is 10.1 Å². The van der Waals surface area contributed by atoms with Crippen LogP contribution in [0.3, 0.4) is 0 Å². The van der Waals surface area contributed by atoms with Crippen LogP contribution in [0, 0.1) is 0 Å². The molecule has 2 heterocycles. The molecule has 1 aliphatic heterocycles. The number of amides is 2. The molecular weight excluding hydrogens is 488 g/mol. The van der Waals surface area contributed by atoms with E-state index < -0.39 is 0 Å². The van der Waals surface area contributed by atoms with Gasteiger partial charge in [0.25, 0.3) is 11.8 Å². The lowest BCUT2D eigenvalue weighted by Crippen LogP contribution is -2.30. The van der Waals surface area contributed by atoms with E-state index in [1.54, 1.807) is 24.3 Å². The van der Waals surface area contributed by atoms with Crippen LogP contribution >= 0.6 is 22.9 Å². The van der Waals surface area contributed by atoms with Crippen LogP contribution in [-0.2, 0) is 13.0 Å². The topological polar surface area (TPSA) is 49.4 Å². The van der Waals surface area contributed by atoms with Gasteiger partial charge in [0.15, 0.2) is 0 Å². The number of thiophene rings is 1. The van der Waals surface area contributed by atoms with Gasteiger partial charge < -0.3 is 10.2 Å². The summed E-state index contributed by atoms with van der Waals surface area (Å²) in [6.45, 7) is 0.509. The van der Waals surface area contributed by atoms with Crippen LogP contribution < -0.4 is 10.2 Å². The molecule has 176 valence electrons. The van der Waals surface area contributed by atoms with Crippen LogP contribution in [0.15, 0.2) is 97.1 Å². The van der Waals surface area contributed by atoms with Crippen LogP contribution in [0.5, 0.6) is 0 Å². The van der Waals surface area contributed by atoms with Crippen molar-refractivity contribution in [2.24, 2.45) is 0 Å². The van der Waals surface area contributed by atoms with E-state index in [9.17, 15) is 9.59 Å². The molecule has 1 aliphatic rings. The molecule has 36 heavy (non-hydrogen) atoms. The van der Waals surface area contributed by atoms with E-state index in [0.29, 0.717) is 27.7 Å². The molecule has 0 aliphatic carbocycles. The SMILES string of the molecule is O=C(Nc1ccc(C(=O)N2Cc3ccccc3Cc3ccccc32)cc1)c1sc2ccccc2c1Cl. The molecule has 0 fully saturated rings. The first-order valence-electron chi connectivity index (χ1n) is 11.6. The molecule has 6 rings (SSSR count). The quantitative estimate of drug-likeness (QED) is 0.273. The highest BCUT2D eigenvalue weighted by atomic mass is 35.5. The average Bonchev–Trinajstić information content (AvgIpc) is 3.15. The average molecular weight is 509 g/mol. The van der Waals surface area contributed by atoms with E-state index >= 15 is 0 Å². The molecule has 2 amide bonds. The second-order valence-electron chi connectivity index (χ2n) is 8.74. The molecule has 1 N–H and O–H groups in total. The number of hydrogen-bond acceptors (Lipinski definition) is 3. The van der Waals surface area contributed by atoms with Gasteiger partial charge in [0, 0.05) is 27.0 Å². The maximum absolute atomic E-state index is 13.6. The molecule has 0 bridgehead atoms. The zero-order valence-corrected chi connectivity index (χ0v) is 20.8. The molecule has 0 atom stereocenters. The number of carbonyl (C=O) groups is 2. The number of benzene rings is 4. The second-order valence-corrected chi connectivity index (χ2v) is 10.2. The van der Waals surface area contributed by atoms with Gasteiger partial charge in [-0.1, -0.05) is 72.3 Å². The predicted octanol–water partition coefficient (Wildman–Crippen LogP) is 7.56. The van der Waals surface area contributed by atoms with Crippen LogP contribution in [0.1, 0.15) is 36.7 Å². The molecule has 5 aromatic rings. The first kappa shape index (κ1) is 22.5. The molecule has 1 aromatic heterocycles. The predicted molar refractivity (Wildman–Crippen MR) is 147 cm³/mol. The fourth-order valence-corrected chi connectivity index (χ4v) is 6.06. The van der Waals surface area contributed by atoms with E-state index in [2.05, 4.69) is 23.5 Å². The van der Waals surface area contributed by atoms with E-state index in [4.69, 9.17) is 11.6 Å². The van der Waals surface area contributed by atoms with Crippen molar-refractivity contribution >= 4 is 56.2 Å². The number of nitrogens with one attached hydrogen (secondary N) is 1. The number of rotatable bonds is 3. The maximum atomic E-state index is 13.6. The van der Waals surface area contributed by atoms with E-state index in [0.717, 1.165) is 33.3 Å². The lowest BCUT2D eigenvalue weighted by atomic mass is 10.0. The van der Waals surface area contributed by atoms with Crippen molar-refractivity contribution < 1.29 is 9.59 Å². The Morgan fingerprint density at radius 3 is 2.22 bits per heavy atom. The monoisotopic (exact) mass is 508 g/mol. The van der Waals surface area contributed by atoms with Crippen molar-refractivity contribution in [2.75, 3.05) is 10.2 Å². The standard InChI is InChI=1S/C30H21ClN2O2S/c31-27-24-10-4-6-12-26(24)36-28(27)29(34)32-23-15-13-19(14-16-23)30(35)33-18-22-9-2-1-7-20(22)17-21-8-3-5-11-25(21)33/h1-16H,17-18H2,(H,32,34). The fraction of sp³-hybridized carbons (Fsp3) is 0.0667. The van der Waals surface area contributed by atoms with E-state index in [1.807, 2.05) is 59.5 Å². The van der Waals surface area contributed by atoms with Gasteiger partial charge in [0.1, 0.15) is 4.88 Å². The highest BCUT2D eigenvalue weighted by Crippen LogP contribution is 2.36. The third-order valence-corrected chi connectivity index (χ3v) is 8.16. The van der Waals surface area contributed by atoms with E-state index in [1.165, 1.54) is 16.9 Å². The molecule has 0 unspecified atom stereocenters. The first-order chi connectivity index (χ1) is 17.6. The van der Waals surface area contributed by atoms with Crippen LogP contribution in [-0.4, -0.2) is 11.8 Å². The van der Waals surface area contributed by atoms with Gasteiger partial charge in [0.2, 0.25) is 0 Å². The van der Waals surface area contributed by atoms with Crippen molar-refractivity contribution in [3.63, 3.8) is 0 Å². The Bertz CT molecular complexity index is 1620. The molecule has 4 nitrogen and oxygen atoms in total. The zero-order chi connectivity index (χ0) is 24.6. The van der Waals surface area contributed by atoms with Gasteiger partial charge in [0.05, 0.1) is 11.6 Å². The minimum atomic E-state index is -0.265. The van der Waals surface area contributed by atoms with Gasteiger partial charge in [-0.3, -0.25) is 9.59 Å². The number of anilines is 2. The Hall–Kier alpha value is -3.93. The van der Waals surface area contributed by atoms with Crippen molar-refractivity contribution in [2.45, 2.75) is 13.0 Å². The number of fused-ring (bicyclic) bond motifs is 3. The van der Waals surface area contributed by atoms with Gasteiger partial charge in [-0.15, -0.1) is 11.3 Å². The van der Waals surface area contributed by atoms with Crippen molar-refractivity contribution in [3.8, 4) is 0 Å². The maximum Gasteiger partial charge on any atom is 0.267 e. The summed E-state index contributed by atoms with van der Waals surface area (Å²) in [5, 5.41) is 4.23. The largest absolute Gasteiger partial charge is 0.321 e. The molecule has 0 radical (unpaired) electrons. The summed E-state index contributed by atoms with van der Waals surface area (Å²) in [7, 11) is 0. The molecular formula is C30H21ClN2O2S. The highest BCUT2D eigenvalue weighted by molar-refractivity contribution is 7.21.